The van der Waals surface area contributed by atoms with Crippen molar-refractivity contribution in [1.29, 1.82) is 0 Å². The number of nitrogens with zero attached hydrogens (tertiary/aromatic N) is 4. The molecule has 4 heterocycles. The minimum absolute atomic E-state index is 0.119. The van der Waals surface area contributed by atoms with Gasteiger partial charge in [-0.1, -0.05) is 24.3 Å². The van der Waals surface area contributed by atoms with Gasteiger partial charge in [-0.25, -0.2) is 4.98 Å². The van der Waals surface area contributed by atoms with Gasteiger partial charge in [-0.05, 0) is 62.3 Å². The minimum Gasteiger partial charge on any atom is -0.396 e. The van der Waals surface area contributed by atoms with Crippen molar-refractivity contribution in [1.82, 2.24) is 15.0 Å². The molecule has 0 saturated carbocycles. The maximum absolute atomic E-state index is 9.45. The molecule has 2 fully saturated rings. The van der Waals surface area contributed by atoms with Gasteiger partial charge >= 0.3 is 0 Å². The molecule has 3 aromatic rings. The summed E-state index contributed by atoms with van der Waals surface area (Å²) in [5.74, 6) is 1.07. The van der Waals surface area contributed by atoms with Crippen LogP contribution in [-0.4, -0.2) is 46.4 Å². The lowest BCUT2D eigenvalue weighted by molar-refractivity contribution is -0.118. The van der Waals surface area contributed by atoms with Gasteiger partial charge in [0.1, 0.15) is 5.69 Å². The van der Waals surface area contributed by atoms with Gasteiger partial charge in [0.2, 0.25) is 0 Å². The first-order valence-electron chi connectivity index (χ1n) is 11.4. The molecule has 0 amide bonds. The molecular weight excluding hydrogens is 388 g/mol. The SMILES string of the molecule is OCC1CCN(c2cccnc2ON2CCCCC2c2ccc3ccccc3n2)CC1. The first-order chi connectivity index (χ1) is 15.3. The van der Waals surface area contributed by atoms with E-state index in [1.165, 1.54) is 6.42 Å². The van der Waals surface area contributed by atoms with E-state index in [1.807, 2.05) is 18.2 Å². The maximum Gasteiger partial charge on any atom is 0.261 e. The third-order valence-electron chi connectivity index (χ3n) is 6.58. The summed E-state index contributed by atoms with van der Waals surface area (Å²) in [6, 6.07) is 16.7. The second-order valence-corrected chi connectivity index (χ2v) is 8.61. The van der Waals surface area contributed by atoms with E-state index in [0.717, 1.165) is 67.6 Å². The number of rotatable bonds is 5. The van der Waals surface area contributed by atoms with Crippen LogP contribution in [0.3, 0.4) is 0 Å². The Hall–Kier alpha value is -2.70. The molecule has 0 aliphatic carbocycles. The van der Waals surface area contributed by atoms with Gasteiger partial charge in [0.15, 0.2) is 0 Å². The van der Waals surface area contributed by atoms with Crippen LogP contribution in [0.15, 0.2) is 54.7 Å². The fraction of sp³-hybridized carbons (Fsp3) is 0.440. The Morgan fingerprint density at radius 3 is 2.68 bits per heavy atom. The van der Waals surface area contributed by atoms with Crippen LogP contribution in [0, 0.1) is 5.92 Å². The molecule has 2 aliphatic heterocycles. The number of aliphatic hydroxyl groups is 1. The lowest BCUT2D eigenvalue weighted by atomic mass is 9.97. The number of anilines is 1. The smallest absolute Gasteiger partial charge is 0.261 e. The van der Waals surface area contributed by atoms with Crippen molar-refractivity contribution < 1.29 is 9.94 Å². The van der Waals surface area contributed by atoms with Gasteiger partial charge in [0.25, 0.3) is 5.88 Å². The van der Waals surface area contributed by atoms with Gasteiger partial charge in [-0.2, -0.15) is 0 Å². The van der Waals surface area contributed by atoms with Gasteiger partial charge in [-0.15, -0.1) is 5.06 Å². The van der Waals surface area contributed by atoms with Crippen molar-refractivity contribution in [2.24, 2.45) is 5.92 Å². The molecule has 1 atom stereocenters. The average Bonchev–Trinajstić information content (AvgIpc) is 2.84. The lowest BCUT2D eigenvalue weighted by Gasteiger charge is -2.36. The van der Waals surface area contributed by atoms with Crippen LogP contribution in [0.2, 0.25) is 0 Å². The molecule has 6 nitrogen and oxygen atoms in total. The number of pyridine rings is 2. The van der Waals surface area contributed by atoms with E-state index >= 15 is 0 Å². The molecule has 6 heteroatoms. The van der Waals surface area contributed by atoms with Gasteiger partial charge in [0, 0.05) is 37.8 Å². The largest absolute Gasteiger partial charge is 0.396 e. The standard InChI is InChI=1S/C25H30N4O2/c30-18-19-12-16-28(17-13-19)24-9-5-14-26-25(24)31-29-15-4-3-8-23(29)22-11-10-20-6-1-2-7-21(20)27-22/h1-2,5-7,9-11,14,19,23,30H,3-4,8,12-13,15-18H2. The zero-order valence-corrected chi connectivity index (χ0v) is 17.9. The van der Waals surface area contributed by atoms with Crippen molar-refractivity contribution in [2.45, 2.75) is 38.1 Å². The Bertz CT molecular complexity index is 1020. The summed E-state index contributed by atoms with van der Waals surface area (Å²) in [6.45, 7) is 2.98. The Labute approximate surface area is 183 Å². The van der Waals surface area contributed by atoms with Crippen molar-refractivity contribution in [2.75, 3.05) is 31.1 Å². The summed E-state index contributed by atoms with van der Waals surface area (Å²) in [5, 5.41) is 12.7. The summed E-state index contributed by atoms with van der Waals surface area (Å²) >= 11 is 0. The lowest BCUT2D eigenvalue weighted by Crippen LogP contribution is -2.38. The summed E-state index contributed by atoms with van der Waals surface area (Å²) in [4.78, 5) is 18.3. The number of hydroxylamine groups is 2. The normalized spacial score (nSPS) is 20.8. The molecule has 0 bridgehead atoms. The second kappa shape index (κ2) is 9.20. The fourth-order valence-corrected chi connectivity index (χ4v) is 4.74. The van der Waals surface area contributed by atoms with Crippen LogP contribution < -0.4 is 9.74 Å². The predicted octanol–water partition coefficient (Wildman–Crippen LogP) is 4.36. The fourth-order valence-electron chi connectivity index (χ4n) is 4.74. The summed E-state index contributed by atoms with van der Waals surface area (Å²) in [6.07, 6.45) is 7.09. The number of aromatic nitrogens is 2. The summed E-state index contributed by atoms with van der Waals surface area (Å²) < 4.78 is 0. The molecule has 162 valence electrons. The van der Waals surface area contributed by atoms with Gasteiger partial charge in [0.05, 0.1) is 17.3 Å². The number of benzene rings is 1. The van der Waals surface area contributed by atoms with Crippen LogP contribution in [0.25, 0.3) is 10.9 Å². The monoisotopic (exact) mass is 418 g/mol. The highest BCUT2D eigenvalue weighted by Crippen LogP contribution is 2.35. The highest BCUT2D eigenvalue weighted by molar-refractivity contribution is 5.78. The molecule has 2 aliphatic rings. The van der Waals surface area contributed by atoms with E-state index in [4.69, 9.17) is 9.82 Å². The molecule has 1 unspecified atom stereocenters. The highest BCUT2D eigenvalue weighted by Gasteiger charge is 2.29. The zero-order valence-electron chi connectivity index (χ0n) is 17.9. The third kappa shape index (κ3) is 4.36. The molecule has 0 spiro atoms. The number of fused-ring (bicyclic) bond motifs is 1. The predicted molar refractivity (Wildman–Crippen MR) is 122 cm³/mol. The molecule has 0 radical (unpaired) electrons. The first-order valence-corrected chi connectivity index (χ1v) is 11.4. The van der Waals surface area contributed by atoms with Gasteiger partial charge < -0.3 is 14.8 Å². The Kier molecular flexibility index (Phi) is 6.00. The molecule has 31 heavy (non-hydrogen) atoms. The zero-order chi connectivity index (χ0) is 21.0. The molecule has 1 aromatic carbocycles. The number of aliphatic hydroxyl groups excluding tert-OH is 1. The van der Waals surface area contributed by atoms with Crippen molar-refractivity contribution in [3.05, 3.63) is 60.4 Å². The Morgan fingerprint density at radius 2 is 1.81 bits per heavy atom. The van der Waals surface area contributed by atoms with E-state index in [1.54, 1.807) is 6.20 Å². The van der Waals surface area contributed by atoms with E-state index in [9.17, 15) is 5.11 Å². The van der Waals surface area contributed by atoms with Crippen LogP contribution in [0.4, 0.5) is 5.69 Å². The van der Waals surface area contributed by atoms with Crippen LogP contribution in [-0.2, 0) is 0 Å². The van der Waals surface area contributed by atoms with E-state index < -0.39 is 0 Å². The van der Waals surface area contributed by atoms with E-state index in [0.29, 0.717) is 11.8 Å². The minimum atomic E-state index is 0.119. The van der Waals surface area contributed by atoms with Crippen molar-refractivity contribution in [3.63, 3.8) is 0 Å². The molecule has 2 saturated heterocycles. The highest BCUT2D eigenvalue weighted by atomic mass is 16.7. The summed E-state index contributed by atoms with van der Waals surface area (Å²) in [7, 11) is 0. The van der Waals surface area contributed by atoms with E-state index in [2.05, 4.69) is 45.3 Å². The third-order valence-corrected chi connectivity index (χ3v) is 6.58. The number of para-hydroxylation sites is 1. The molecule has 1 N–H and O–H groups in total. The number of piperidine rings is 2. The molecule has 2 aromatic heterocycles. The molecular formula is C25H30N4O2. The van der Waals surface area contributed by atoms with Crippen LogP contribution in [0.1, 0.15) is 43.8 Å². The average molecular weight is 419 g/mol. The second-order valence-electron chi connectivity index (χ2n) is 8.61. The van der Waals surface area contributed by atoms with E-state index in [-0.39, 0.29) is 12.6 Å². The first kappa shape index (κ1) is 20.2. The number of hydrogen-bond acceptors (Lipinski definition) is 6. The molecule has 5 rings (SSSR count). The van der Waals surface area contributed by atoms with Gasteiger partial charge in [-0.3, -0.25) is 4.98 Å². The summed E-state index contributed by atoms with van der Waals surface area (Å²) in [5.41, 5.74) is 3.12. The Morgan fingerprint density at radius 1 is 0.935 bits per heavy atom. The quantitative estimate of drug-likeness (QED) is 0.664. The topological polar surface area (TPSA) is 61.7 Å². The Balaban J connectivity index is 1.38. The van der Waals surface area contributed by atoms with Crippen LogP contribution >= 0.6 is 0 Å². The van der Waals surface area contributed by atoms with Crippen LogP contribution in [0.5, 0.6) is 5.88 Å². The maximum atomic E-state index is 9.45. The number of hydrogen-bond donors (Lipinski definition) is 1. The van der Waals surface area contributed by atoms with Crippen molar-refractivity contribution >= 4 is 16.6 Å². The van der Waals surface area contributed by atoms with Crippen molar-refractivity contribution in [3.8, 4) is 5.88 Å².